The van der Waals surface area contributed by atoms with Gasteiger partial charge in [0.05, 0.1) is 24.4 Å². The van der Waals surface area contributed by atoms with Gasteiger partial charge in [0.2, 0.25) is 0 Å². The number of hydrogen-bond acceptors (Lipinski definition) is 3. The average Bonchev–Trinajstić information content (AvgIpc) is 2.42. The molecule has 2 rings (SSSR count). The molecule has 2 aromatic rings. The highest BCUT2D eigenvalue weighted by atomic mass is 79.9. The lowest BCUT2D eigenvalue weighted by molar-refractivity contribution is 0.415. The standard InChI is InChI=1S/C14H11BrN2O/c1-18-12-6-7-13(15)14(8-12)17-11-4-2-10(9-16)3-5-11/h2-8,17H,1H3. The third-order valence-corrected chi connectivity index (χ3v) is 3.16. The molecule has 0 amide bonds. The summed E-state index contributed by atoms with van der Waals surface area (Å²) in [4.78, 5) is 0. The normalized spacial score (nSPS) is 9.61. The lowest BCUT2D eigenvalue weighted by Crippen LogP contribution is -1.92. The van der Waals surface area contributed by atoms with Crippen LogP contribution < -0.4 is 10.1 Å². The van der Waals surface area contributed by atoms with Crippen LogP contribution in [0.5, 0.6) is 5.75 Å². The summed E-state index contributed by atoms with van der Waals surface area (Å²) in [5, 5.41) is 12.0. The quantitative estimate of drug-likeness (QED) is 0.929. The first-order chi connectivity index (χ1) is 8.72. The number of nitrogens with zero attached hydrogens (tertiary/aromatic N) is 1. The van der Waals surface area contributed by atoms with Gasteiger partial charge in [0.25, 0.3) is 0 Å². The number of anilines is 2. The van der Waals surface area contributed by atoms with E-state index in [0.29, 0.717) is 5.56 Å². The summed E-state index contributed by atoms with van der Waals surface area (Å²) < 4.78 is 6.13. The van der Waals surface area contributed by atoms with Crippen molar-refractivity contribution < 1.29 is 4.74 Å². The minimum Gasteiger partial charge on any atom is -0.497 e. The number of hydrogen-bond donors (Lipinski definition) is 1. The third-order valence-electron chi connectivity index (χ3n) is 2.47. The Hall–Kier alpha value is -1.99. The molecule has 3 nitrogen and oxygen atoms in total. The summed E-state index contributed by atoms with van der Waals surface area (Å²) in [6.07, 6.45) is 0. The predicted molar refractivity (Wildman–Crippen MR) is 75.1 cm³/mol. The molecule has 0 aliphatic rings. The summed E-state index contributed by atoms with van der Waals surface area (Å²) in [7, 11) is 1.63. The van der Waals surface area contributed by atoms with Crippen LogP contribution >= 0.6 is 15.9 Å². The predicted octanol–water partition coefficient (Wildman–Crippen LogP) is 4.07. The van der Waals surface area contributed by atoms with Crippen LogP contribution in [0.25, 0.3) is 0 Å². The van der Waals surface area contributed by atoms with E-state index in [0.717, 1.165) is 21.6 Å². The van der Waals surface area contributed by atoms with Crippen LogP contribution in [0.15, 0.2) is 46.9 Å². The zero-order chi connectivity index (χ0) is 13.0. The van der Waals surface area contributed by atoms with Crippen LogP contribution in [0, 0.1) is 11.3 Å². The van der Waals surface area contributed by atoms with Crippen molar-refractivity contribution in [3.63, 3.8) is 0 Å². The molecule has 90 valence electrons. The number of methoxy groups -OCH3 is 1. The Morgan fingerprint density at radius 1 is 1.17 bits per heavy atom. The molecule has 0 fully saturated rings. The van der Waals surface area contributed by atoms with E-state index < -0.39 is 0 Å². The molecule has 0 saturated heterocycles. The second-order valence-corrected chi connectivity index (χ2v) is 4.51. The molecule has 0 atom stereocenters. The molecule has 0 radical (unpaired) electrons. The molecule has 4 heteroatoms. The fourth-order valence-electron chi connectivity index (χ4n) is 1.51. The van der Waals surface area contributed by atoms with Gasteiger partial charge in [-0.3, -0.25) is 0 Å². The van der Waals surface area contributed by atoms with E-state index in [-0.39, 0.29) is 0 Å². The van der Waals surface area contributed by atoms with Crippen molar-refractivity contribution in [3.05, 3.63) is 52.5 Å². The highest BCUT2D eigenvalue weighted by Gasteiger charge is 2.02. The lowest BCUT2D eigenvalue weighted by atomic mass is 10.2. The van der Waals surface area contributed by atoms with Gasteiger partial charge in [-0.25, -0.2) is 0 Å². The Balaban J connectivity index is 2.25. The van der Waals surface area contributed by atoms with Crippen molar-refractivity contribution in [2.45, 2.75) is 0 Å². The largest absolute Gasteiger partial charge is 0.497 e. The molecule has 0 saturated carbocycles. The van der Waals surface area contributed by atoms with E-state index in [1.165, 1.54) is 0 Å². The van der Waals surface area contributed by atoms with Crippen molar-refractivity contribution in [1.82, 2.24) is 0 Å². The van der Waals surface area contributed by atoms with Crippen LogP contribution in [-0.4, -0.2) is 7.11 Å². The Morgan fingerprint density at radius 3 is 2.50 bits per heavy atom. The Labute approximate surface area is 114 Å². The number of halogens is 1. The molecule has 0 aliphatic heterocycles. The molecule has 0 heterocycles. The van der Waals surface area contributed by atoms with E-state index in [4.69, 9.17) is 10.00 Å². The number of rotatable bonds is 3. The molecule has 0 spiro atoms. The molecule has 0 aliphatic carbocycles. The molecule has 1 N–H and O–H groups in total. The summed E-state index contributed by atoms with van der Waals surface area (Å²) in [5.74, 6) is 0.786. The van der Waals surface area contributed by atoms with Crippen molar-refractivity contribution >= 4 is 27.3 Å². The summed E-state index contributed by atoms with van der Waals surface area (Å²) in [5.41, 5.74) is 2.48. The van der Waals surface area contributed by atoms with E-state index in [9.17, 15) is 0 Å². The first-order valence-electron chi connectivity index (χ1n) is 5.33. The SMILES string of the molecule is COc1ccc(Br)c(Nc2ccc(C#N)cc2)c1. The van der Waals surface area contributed by atoms with Gasteiger partial charge in [0.15, 0.2) is 0 Å². The first-order valence-corrected chi connectivity index (χ1v) is 6.13. The maximum atomic E-state index is 8.74. The fraction of sp³-hybridized carbons (Fsp3) is 0.0714. The second kappa shape index (κ2) is 5.56. The van der Waals surface area contributed by atoms with Crippen LogP contribution in [0.2, 0.25) is 0 Å². The summed E-state index contributed by atoms with van der Waals surface area (Å²) in [6.45, 7) is 0. The van der Waals surface area contributed by atoms with Gasteiger partial charge in [0.1, 0.15) is 5.75 Å². The van der Waals surface area contributed by atoms with Crippen molar-refractivity contribution in [2.24, 2.45) is 0 Å². The zero-order valence-corrected chi connectivity index (χ0v) is 11.4. The minimum atomic E-state index is 0.644. The van der Waals surface area contributed by atoms with Gasteiger partial charge in [0, 0.05) is 16.2 Å². The third kappa shape index (κ3) is 2.82. The minimum absolute atomic E-state index is 0.644. The van der Waals surface area contributed by atoms with Crippen molar-refractivity contribution in [1.29, 1.82) is 5.26 Å². The fourth-order valence-corrected chi connectivity index (χ4v) is 1.86. The van der Waals surface area contributed by atoms with E-state index in [1.54, 1.807) is 19.2 Å². The monoisotopic (exact) mass is 302 g/mol. The van der Waals surface area contributed by atoms with Crippen molar-refractivity contribution in [2.75, 3.05) is 12.4 Å². The maximum Gasteiger partial charge on any atom is 0.121 e. The number of benzene rings is 2. The van der Waals surface area contributed by atoms with Gasteiger partial charge < -0.3 is 10.1 Å². The number of nitriles is 1. The van der Waals surface area contributed by atoms with E-state index in [1.807, 2.05) is 30.3 Å². The van der Waals surface area contributed by atoms with Crippen LogP contribution in [0.3, 0.4) is 0 Å². The number of ether oxygens (including phenoxy) is 1. The smallest absolute Gasteiger partial charge is 0.121 e. The van der Waals surface area contributed by atoms with Gasteiger partial charge in [-0.05, 0) is 52.3 Å². The summed E-state index contributed by atoms with van der Waals surface area (Å²) in [6, 6.07) is 15.1. The molecule has 18 heavy (non-hydrogen) atoms. The van der Waals surface area contributed by atoms with E-state index in [2.05, 4.69) is 27.3 Å². The summed E-state index contributed by atoms with van der Waals surface area (Å²) >= 11 is 3.47. The highest BCUT2D eigenvalue weighted by Crippen LogP contribution is 2.29. The van der Waals surface area contributed by atoms with Gasteiger partial charge >= 0.3 is 0 Å². The number of nitrogens with one attached hydrogen (secondary N) is 1. The second-order valence-electron chi connectivity index (χ2n) is 3.66. The average molecular weight is 303 g/mol. The Bertz CT molecular complexity index is 588. The van der Waals surface area contributed by atoms with Gasteiger partial charge in [-0.1, -0.05) is 0 Å². The zero-order valence-electron chi connectivity index (χ0n) is 9.77. The lowest BCUT2D eigenvalue weighted by Gasteiger charge is -2.10. The first kappa shape index (κ1) is 12.5. The molecule has 2 aromatic carbocycles. The van der Waals surface area contributed by atoms with E-state index >= 15 is 0 Å². The Morgan fingerprint density at radius 2 is 1.89 bits per heavy atom. The Kier molecular flexibility index (Phi) is 3.85. The molecular weight excluding hydrogens is 292 g/mol. The topological polar surface area (TPSA) is 45.0 Å². The molecule has 0 aromatic heterocycles. The highest BCUT2D eigenvalue weighted by molar-refractivity contribution is 9.10. The molecule has 0 bridgehead atoms. The van der Waals surface area contributed by atoms with Crippen LogP contribution in [0.1, 0.15) is 5.56 Å². The van der Waals surface area contributed by atoms with Crippen molar-refractivity contribution in [3.8, 4) is 11.8 Å². The molecular formula is C14H11BrN2O. The van der Waals surface area contributed by atoms with Gasteiger partial charge in [-0.2, -0.15) is 5.26 Å². The van der Waals surface area contributed by atoms with Gasteiger partial charge in [-0.15, -0.1) is 0 Å². The van der Waals surface area contributed by atoms with Crippen LogP contribution in [-0.2, 0) is 0 Å². The molecule has 0 unspecified atom stereocenters. The maximum absolute atomic E-state index is 8.74. The van der Waals surface area contributed by atoms with Crippen LogP contribution in [0.4, 0.5) is 11.4 Å².